The van der Waals surface area contributed by atoms with Crippen LogP contribution >= 0.6 is 15.9 Å². The number of aromatic nitrogens is 1. The van der Waals surface area contributed by atoms with Crippen LogP contribution in [0.4, 0.5) is 4.39 Å². The lowest BCUT2D eigenvalue weighted by molar-refractivity contribution is 0.0518. The second kappa shape index (κ2) is 6.85. The maximum Gasteiger partial charge on any atom is 0.356 e. The van der Waals surface area contributed by atoms with E-state index >= 15 is 0 Å². The summed E-state index contributed by atoms with van der Waals surface area (Å²) in [5, 5.41) is 0.0203. The predicted molar refractivity (Wildman–Crippen MR) is 99.3 cm³/mol. The first-order valence-corrected chi connectivity index (χ1v) is 9.99. The first kappa shape index (κ1) is 18.6. The van der Waals surface area contributed by atoms with Gasteiger partial charge in [0.05, 0.1) is 17.0 Å². The number of hydrogen-bond acceptors (Lipinski definition) is 4. The average Bonchev–Trinajstić information content (AvgIpc) is 2.96. The molecule has 1 aromatic heterocycles. The largest absolute Gasteiger partial charge is 0.461 e. The first-order chi connectivity index (χ1) is 12.3. The number of benzene rings is 2. The summed E-state index contributed by atoms with van der Waals surface area (Å²) in [6.45, 7) is 3.51. The quantitative estimate of drug-likeness (QED) is 0.569. The SMILES string of the molecule is CCOC(=O)c1cc2c(F)cc(Br)cc2n1S(=O)(=O)c1ccc(C)cc1. The minimum absolute atomic E-state index is 0.00784. The lowest BCUT2D eigenvalue weighted by atomic mass is 10.2. The van der Waals surface area contributed by atoms with Gasteiger partial charge in [-0.15, -0.1) is 0 Å². The van der Waals surface area contributed by atoms with Crippen LogP contribution in [-0.4, -0.2) is 25.0 Å². The van der Waals surface area contributed by atoms with Crippen molar-refractivity contribution in [1.82, 2.24) is 3.97 Å². The normalized spacial score (nSPS) is 11.7. The molecule has 0 aliphatic rings. The van der Waals surface area contributed by atoms with Crippen LogP contribution in [-0.2, 0) is 14.8 Å². The lowest BCUT2D eigenvalue weighted by Gasteiger charge is -2.12. The minimum atomic E-state index is -4.14. The molecule has 0 saturated carbocycles. The third-order valence-electron chi connectivity index (χ3n) is 3.83. The Balaban J connectivity index is 2.37. The van der Waals surface area contributed by atoms with E-state index in [1.54, 1.807) is 19.1 Å². The molecule has 3 aromatic rings. The molecule has 1 heterocycles. The molecule has 0 unspecified atom stereocenters. The number of ether oxygens (including phenoxy) is 1. The Labute approximate surface area is 158 Å². The number of fused-ring (bicyclic) bond motifs is 1. The molecule has 26 heavy (non-hydrogen) atoms. The molecular weight excluding hydrogens is 425 g/mol. The Hall–Kier alpha value is -2.19. The van der Waals surface area contributed by atoms with Gasteiger partial charge in [0.25, 0.3) is 10.0 Å². The standard InChI is InChI=1S/C18H15BrFNO4S/c1-3-25-18(22)17-10-14-15(20)8-12(19)9-16(14)21(17)26(23,24)13-6-4-11(2)5-7-13/h4-10H,3H2,1-2H3. The maximum atomic E-state index is 14.3. The fourth-order valence-electron chi connectivity index (χ4n) is 2.63. The van der Waals surface area contributed by atoms with Crippen molar-refractivity contribution in [2.75, 3.05) is 6.61 Å². The van der Waals surface area contributed by atoms with Crippen molar-refractivity contribution in [1.29, 1.82) is 0 Å². The van der Waals surface area contributed by atoms with Gasteiger partial charge in [0.15, 0.2) is 0 Å². The third-order valence-corrected chi connectivity index (χ3v) is 6.03. The monoisotopic (exact) mass is 439 g/mol. The van der Waals surface area contributed by atoms with Crippen LogP contribution in [0.15, 0.2) is 51.8 Å². The van der Waals surface area contributed by atoms with Crippen LogP contribution in [0.1, 0.15) is 23.0 Å². The van der Waals surface area contributed by atoms with Crippen molar-refractivity contribution in [3.05, 3.63) is 64.0 Å². The predicted octanol–water partition coefficient (Wildman–Crippen LogP) is 4.27. The molecule has 5 nitrogen and oxygen atoms in total. The zero-order chi connectivity index (χ0) is 19.1. The van der Waals surface area contributed by atoms with Gasteiger partial charge in [-0.2, -0.15) is 0 Å². The molecule has 0 radical (unpaired) electrons. The van der Waals surface area contributed by atoms with Gasteiger partial charge < -0.3 is 4.74 Å². The summed E-state index contributed by atoms with van der Waals surface area (Å²) >= 11 is 3.16. The van der Waals surface area contributed by atoms with Gasteiger partial charge in [0, 0.05) is 9.86 Å². The molecule has 0 bridgehead atoms. The van der Waals surface area contributed by atoms with Gasteiger partial charge in [-0.05, 0) is 44.2 Å². The van der Waals surface area contributed by atoms with E-state index in [9.17, 15) is 17.6 Å². The maximum absolute atomic E-state index is 14.3. The Bertz CT molecular complexity index is 1100. The molecule has 0 spiro atoms. The minimum Gasteiger partial charge on any atom is -0.461 e. The summed E-state index contributed by atoms with van der Waals surface area (Å²) < 4.78 is 46.9. The summed E-state index contributed by atoms with van der Waals surface area (Å²) in [4.78, 5) is 12.3. The number of hydrogen-bond donors (Lipinski definition) is 0. The zero-order valence-corrected chi connectivity index (χ0v) is 16.4. The van der Waals surface area contributed by atoms with E-state index in [0.29, 0.717) is 4.47 Å². The van der Waals surface area contributed by atoms with E-state index in [0.717, 1.165) is 9.54 Å². The van der Waals surface area contributed by atoms with Gasteiger partial charge in [-0.3, -0.25) is 0 Å². The molecular formula is C18H15BrFNO4S. The molecule has 0 atom stereocenters. The Morgan fingerprint density at radius 1 is 1.19 bits per heavy atom. The van der Waals surface area contributed by atoms with E-state index in [4.69, 9.17) is 4.74 Å². The van der Waals surface area contributed by atoms with E-state index in [1.165, 1.54) is 30.3 Å². The smallest absolute Gasteiger partial charge is 0.356 e. The number of aryl methyl sites for hydroxylation is 1. The van der Waals surface area contributed by atoms with Gasteiger partial charge in [-0.25, -0.2) is 21.6 Å². The topological polar surface area (TPSA) is 65.4 Å². The first-order valence-electron chi connectivity index (χ1n) is 7.75. The fourth-order valence-corrected chi connectivity index (χ4v) is 4.53. The van der Waals surface area contributed by atoms with E-state index in [1.807, 2.05) is 6.92 Å². The van der Waals surface area contributed by atoms with Crippen LogP contribution < -0.4 is 0 Å². The number of esters is 1. The average molecular weight is 440 g/mol. The second-order valence-electron chi connectivity index (χ2n) is 5.65. The number of carbonyl (C=O) groups is 1. The molecule has 0 fully saturated rings. The van der Waals surface area contributed by atoms with Crippen LogP contribution in [0.25, 0.3) is 10.9 Å². The summed E-state index contributed by atoms with van der Waals surface area (Å²) in [6.07, 6.45) is 0. The number of halogens is 2. The summed E-state index contributed by atoms with van der Waals surface area (Å²) in [7, 11) is -4.14. The molecule has 136 valence electrons. The molecule has 0 N–H and O–H groups in total. The van der Waals surface area contributed by atoms with E-state index in [2.05, 4.69) is 15.9 Å². The fraction of sp³-hybridized carbons (Fsp3) is 0.167. The molecule has 0 aliphatic heterocycles. The highest BCUT2D eigenvalue weighted by molar-refractivity contribution is 9.10. The zero-order valence-electron chi connectivity index (χ0n) is 14.0. The summed E-state index contributed by atoms with van der Waals surface area (Å²) in [5.41, 5.74) is 0.695. The number of carbonyl (C=O) groups excluding carboxylic acids is 1. The molecule has 0 amide bonds. The highest BCUT2D eigenvalue weighted by Crippen LogP contribution is 2.30. The summed E-state index contributed by atoms with van der Waals surface area (Å²) in [6, 6.07) is 10.0. The Morgan fingerprint density at radius 2 is 1.85 bits per heavy atom. The van der Waals surface area contributed by atoms with Gasteiger partial charge in [-0.1, -0.05) is 33.6 Å². The highest BCUT2D eigenvalue weighted by atomic mass is 79.9. The van der Waals surface area contributed by atoms with Crippen LogP contribution in [0.2, 0.25) is 0 Å². The van der Waals surface area contributed by atoms with Crippen molar-refractivity contribution in [2.24, 2.45) is 0 Å². The van der Waals surface area contributed by atoms with Crippen LogP contribution in [0, 0.1) is 12.7 Å². The van der Waals surface area contributed by atoms with Crippen LogP contribution in [0.5, 0.6) is 0 Å². The molecule has 0 saturated heterocycles. The van der Waals surface area contributed by atoms with Gasteiger partial charge in [0.2, 0.25) is 0 Å². The Kier molecular flexibility index (Phi) is 4.90. The molecule has 3 rings (SSSR count). The highest BCUT2D eigenvalue weighted by Gasteiger charge is 2.28. The van der Waals surface area contributed by atoms with E-state index in [-0.39, 0.29) is 28.1 Å². The van der Waals surface area contributed by atoms with Gasteiger partial charge in [0.1, 0.15) is 11.5 Å². The lowest BCUT2D eigenvalue weighted by Crippen LogP contribution is -2.19. The van der Waals surface area contributed by atoms with Gasteiger partial charge >= 0.3 is 5.97 Å². The van der Waals surface area contributed by atoms with Crippen molar-refractivity contribution in [3.8, 4) is 0 Å². The molecule has 8 heteroatoms. The van der Waals surface area contributed by atoms with E-state index < -0.39 is 21.8 Å². The number of rotatable bonds is 4. The van der Waals surface area contributed by atoms with Crippen molar-refractivity contribution < 1.29 is 22.3 Å². The molecule has 0 aliphatic carbocycles. The van der Waals surface area contributed by atoms with Crippen molar-refractivity contribution >= 4 is 42.8 Å². The third kappa shape index (κ3) is 3.14. The van der Waals surface area contributed by atoms with Crippen LogP contribution in [0.3, 0.4) is 0 Å². The summed E-state index contributed by atoms with van der Waals surface area (Å²) in [5.74, 6) is -1.48. The Morgan fingerprint density at radius 3 is 2.46 bits per heavy atom. The van der Waals surface area contributed by atoms with Crippen molar-refractivity contribution in [2.45, 2.75) is 18.7 Å². The van der Waals surface area contributed by atoms with Crippen molar-refractivity contribution in [3.63, 3.8) is 0 Å². The second-order valence-corrected chi connectivity index (χ2v) is 8.36. The number of nitrogens with zero attached hydrogens (tertiary/aromatic N) is 1. The molecule has 2 aromatic carbocycles.